The first-order chi connectivity index (χ1) is 13.8. The number of aromatic nitrogens is 2. The highest BCUT2D eigenvalue weighted by molar-refractivity contribution is 5.79. The topological polar surface area (TPSA) is 63.5 Å². The van der Waals surface area contributed by atoms with Crippen LogP contribution in [0.4, 0.5) is 0 Å². The molecule has 2 aromatic carbocycles. The standard InChI is InChI=1S/C22H27N5O/c1-23-22(26-16-18-8-10-20(28-2)11-9-18)25-13-12-21-24-14-15-27(21)17-19-6-4-3-5-7-19/h3-11,14-15H,12-13,16-17H2,1-2H3,(H2,23,25,26). The first-order valence-corrected chi connectivity index (χ1v) is 9.40. The molecule has 0 atom stereocenters. The third kappa shape index (κ3) is 5.61. The van der Waals surface area contributed by atoms with E-state index in [2.05, 4.69) is 49.4 Å². The first kappa shape index (κ1) is 19.5. The predicted molar refractivity (Wildman–Crippen MR) is 113 cm³/mol. The van der Waals surface area contributed by atoms with E-state index in [-0.39, 0.29) is 0 Å². The molecule has 0 unspecified atom stereocenters. The molecule has 0 saturated carbocycles. The Morgan fingerprint density at radius 3 is 2.54 bits per heavy atom. The van der Waals surface area contributed by atoms with Crippen molar-refractivity contribution < 1.29 is 4.74 Å². The molecule has 0 bridgehead atoms. The summed E-state index contributed by atoms with van der Waals surface area (Å²) in [6, 6.07) is 18.4. The van der Waals surface area contributed by atoms with Gasteiger partial charge < -0.3 is 19.9 Å². The molecule has 0 spiro atoms. The van der Waals surface area contributed by atoms with E-state index in [9.17, 15) is 0 Å². The first-order valence-electron chi connectivity index (χ1n) is 9.40. The van der Waals surface area contributed by atoms with Gasteiger partial charge in [0.2, 0.25) is 0 Å². The van der Waals surface area contributed by atoms with Gasteiger partial charge in [0.1, 0.15) is 11.6 Å². The lowest BCUT2D eigenvalue weighted by molar-refractivity contribution is 0.414. The van der Waals surface area contributed by atoms with Crippen LogP contribution in [0.5, 0.6) is 5.75 Å². The summed E-state index contributed by atoms with van der Waals surface area (Å²) < 4.78 is 7.37. The molecule has 6 nitrogen and oxygen atoms in total. The predicted octanol–water partition coefficient (Wildman–Crippen LogP) is 2.85. The van der Waals surface area contributed by atoms with Crippen LogP contribution in [0, 0.1) is 0 Å². The van der Waals surface area contributed by atoms with Gasteiger partial charge in [0.05, 0.1) is 7.11 Å². The summed E-state index contributed by atoms with van der Waals surface area (Å²) >= 11 is 0. The van der Waals surface area contributed by atoms with E-state index < -0.39 is 0 Å². The zero-order valence-corrected chi connectivity index (χ0v) is 16.4. The molecule has 1 aromatic heterocycles. The van der Waals surface area contributed by atoms with Crippen LogP contribution in [0.25, 0.3) is 0 Å². The van der Waals surface area contributed by atoms with Gasteiger partial charge in [-0.2, -0.15) is 0 Å². The highest BCUT2D eigenvalue weighted by Gasteiger charge is 2.05. The Morgan fingerprint density at radius 1 is 1.04 bits per heavy atom. The second kappa shape index (κ2) is 10.2. The number of methoxy groups -OCH3 is 1. The lowest BCUT2D eigenvalue weighted by Gasteiger charge is -2.13. The van der Waals surface area contributed by atoms with Crippen molar-refractivity contribution in [3.63, 3.8) is 0 Å². The van der Waals surface area contributed by atoms with Crippen molar-refractivity contribution in [2.75, 3.05) is 20.7 Å². The summed E-state index contributed by atoms with van der Waals surface area (Å²) in [6.45, 7) is 2.29. The van der Waals surface area contributed by atoms with Gasteiger partial charge in [0.25, 0.3) is 0 Å². The molecular weight excluding hydrogens is 350 g/mol. The average molecular weight is 377 g/mol. The molecule has 2 N–H and O–H groups in total. The molecule has 1 heterocycles. The highest BCUT2D eigenvalue weighted by atomic mass is 16.5. The Kier molecular flexibility index (Phi) is 7.07. The molecule has 0 saturated heterocycles. The molecular formula is C22H27N5O. The van der Waals surface area contributed by atoms with Crippen LogP contribution in [-0.4, -0.2) is 36.2 Å². The van der Waals surface area contributed by atoms with Gasteiger partial charge in [-0.05, 0) is 23.3 Å². The summed E-state index contributed by atoms with van der Waals surface area (Å²) in [5.41, 5.74) is 2.44. The molecule has 146 valence electrons. The normalized spacial score (nSPS) is 11.3. The van der Waals surface area contributed by atoms with E-state index in [1.807, 2.05) is 42.7 Å². The highest BCUT2D eigenvalue weighted by Crippen LogP contribution is 2.11. The smallest absolute Gasteiger partial charge is 0.191 e. The van der Waals surface area contributed by atoms with E-state index in [0.29, 0.717) is 6.54 Å². The van der Waals surface area contributed by atoms with E-state index in [4.69, 9.17) is 4.74 Å². The zero-order chi connectivity index (χ0) is 19.6. The molecule has 3 aromatic rings. The minimum absolute atomic E-state index is 0.701. The summed E-state index contributed by atoms with van der Waals surface area (Å²) in [5.74, 6) is 2.69. The number of hydrogen-bond acceptors (Lipinski definition) is 3. The third-order valence-electron chi connectivity index (χ3n) is 4.48. The minimum Gasteiger partial charge on any atom is -0.497 e. The van der Waals surface area contributed by atoms with Crippen LogP contribution in [0.3, 0.4) is 0 Å². The minimum atomic E-state index is 0.701. The van der Waals surface area contributed by atoms with Crippen molar-refractivity contribution in [3.05, 3.63) is 83.9 Å². The molecule has 28 heavy (non-hydrogen) atoms. The van der Waals surface area contributed by atoms with Crippen LogP contribution in [-0.2, 0) is 19.5 Å². The Hall–Kier alpha value is -3.28. The van der Waals surface area contributed by atoms with Gasteiger partial charge in [0, 0.05) is 45.5 Å². The van der Waals surface area contributed by atoms with E-state index in [1.165, 1.54) is 11.1 Å². The number of benzene rings is 2. The van der Waals surface area contributed by atoms with Crippen molar-refractivity contribution in [2.45, 2.75) is 19.5 Å². The SMILES string of the molecule is CN=C(NCCc1nccn1Cc1ccccc1)NCc1ccc(OC)cc1. The van der Waals surface area contributed by atoms with E-state index in [1.54, 1.807) is 14.2 Å². The quantitative estimate of drug-likeness (QED) is 0.468. The Balaban J connectivity index is 1.46. The van der Waals surface area contributed by atoms with E-state index >= 15 is 0 Å². The number of imidazole rings is 1. The van der Waals surface area contributed by atoms with Crippen LogP contribution >= 0.6 is 0 Å². The third-order valence-corrected chi connectivity index (χ3v) is 4.48. The van der Waals surface area contributed by atoms with Crippen LogP contribution < -0.4 is 15.4 Å². The average Bonchev–Trinajstić information content (AvgIpc) is 3.18. The number of ether oxygens (including phenoxy) is 1. The maximum Gasteiger partial charge on any atom is 0.191 e. The fourth-order valence-corrected chi connectivity index (χ4v) is 2.93. The lowest BCUT2D eigenvalue weighted by Crippen LogP contribution is -2.38. The monoisotopic (exact) mass is 377 g/mol. The molecule has 3 rings (SSSR count). The maximum absolute atomic E-state index is 5.19. The van der Waals surface area contributed by atoms with E-state index in [0.717, 1.165) is 37.0 Å². The Labute approximate surface area is 166 Å². The number of aliphatic imine (C=N–C) groups is 1. The largest absolute Gasteiger partial charge is 0.497 e. The summed E-state index contributed by atoms with van der Waals surface area (Å²) in [6.07, 6.45) is 4.71. The summed E-state index contributed by atoms with van der Waals surface area (Å²) in [5, 5.41) is 6.68. The van der Waals surface area contributed by atoms with Gasteiger partial charge in [-0.25, -0.2) is 4.98 Å². The Bertz CT molecular complexity index is 871. The van der Waals surface area contributed by atoms with Crippen molar-refractivity contribution in [1.29, 1.82) is 0 Å². The molecule has 0 aliphatic carbocycles. The second-order valence-corrected chi connectivity index (χ2v) is 6.41. The van der Waals surface area contributed by atoms with Crippen molar-refractivity contribution >= 4 is 5.96 Å². The van der Waals surface area contributed by atoms with Crippen LogP contribution in [0.2, 0.25) is 0 Å². The van der Waals surface area contributed by atoms with Crippen molar-refractivity contribution in [2.24, 2.45) is 4.99 Å². The number of nitrogens with one attached hydrogen (secondary N) is 2. The fraction of sp³-hybridized carbons (Fsp3) is 0.273. The number of hydrogen-bond donors (Lipinski definition) is 2. The number of nitrogens with zero attached hydrogens (tertiary/aromatic N) is 3. The van der Waals surface area contributed by atoms with Crippen LogP contribution in [0.1, 0.15) is 17.0 Å². The molecule has 6 heteroatoms. The zero-order valence-electron chi connectivity index (χ0n) is 16.4. The fourth-order valence-electron chi connectivity index (χ4n) is 2.93. The molecule has 0 fully saturated rings. The van der Waals surface area contributed by atoms with Gasteiger partial charge >= 0.3 is 0 Å². The number of rotatable bonds is 8. The molecule has 0 aliphatic rings. The molecule has 0 radical (unpaired) electrons. The second-order valence-electron chi connectivity index (χ2n) is 6.41. The lowest BCUT2D eigenvalue weighted by atomic mass is 10.2. The van der Waals surface area contributed by atoms with Gasteiger partial charge in [-0.3, -0.25) is 4.99 Å². The molecule has 0 aliphatic heterocycles. The summed E-state index contributed by atoms with van der Waals surface area (Å²) in [7, 11) is 3.45. The summed E-state index contributed by atoms with van der Waals surface area (Å²) in [4.78, 5) is 8.78. The van der Waals surface area contributed by atoms with Crippen LogP contribution in [0.15, 0.2) is 72.0 Å². The van der Waals surface area contributed by atoms with Gasteiger partial charge in [-0.1, -0.05) is 42.5 Å². The van der Waals surface area contributed by atoms with Crippen molar-refractivity contribution in [3.8, 4) is 5.75 Å². The van der Waals surface area contributed by atoms with Gasteiger partial charge in [-0.15, -0.1) is 0 Å². The number of guanidine groups is 1. The Morgan fingerprint density at radius 2 is 1.82 bits per heavy atom. The molecule has 0 amide bonds. The maximum atomic E-state index is 5.19. The van der Waals surface area contributed by atoms with Crippen molar-refractivity contribution in [1.82, 2.24) is 20.2 Å². The van der Waals surface area contributed by atoms with Gasteiger partial charge in [0.15, 0.2) is 5.96 Å².